The number of ether oxygens (including phenoxy) is 2. The third-order valence-electron chi connectivity index (χ3n) is 2.67. The molecule has 0 atom stereocenters. The molecule has 1 aliphatic rings. The maximum absolute atomic E-state index is 8.70. The second kappa shape index (κ2) is 5.18. The van der Waals surface area contributed by atoms with Crippen LogP contribution in [0.2, 0.25) is 0 Å². The van der Waals surface area contributed by atoms with Crippen LogP contribution in [0.25, 0.3) is 0 Å². The highest BCUT2D eigenvalue weighted by Gasteiger charge is 2.15. The standard InChI is InChI=1S/C12H17NO3/c1-9-10(8-13-4-5-14)2-3-11-12(9)16-7-6-15-11/h2-3,13-14H,4-8H2,1H3. The molecule has 0 saturated carbocycles. The van der Waals surface area contributed by atoms with Crippen LogP contribution >= 0.6 is 0 Å². The van der Waals surface area contributed by atoms with Crippen LogP contribution in [0.5, 0.6) is 11.5 Å². The minimum Gasteiger partial charge on any atom is -0.486 e. The third-order valence-corrected chi connectivity index (χ3v) is 2.67. The van der Waals surface area contributed by atoms with Gasteiger partial charge in [-0.25, -0.2) is 0 Å². The van der Waals surface area contributed by atoms with Crippen LogP contribution in [0, 0.1) is 6.92 Å². The SMILES string of the molecule is Cc1c(CNCCO)ccc2c1OCCO2. The van der Waals surface area contributed by atoms with E-state index in [-0.39, 0.29) is 6.61 Å². The van der Waals surface area contributed by atoms with E-state index in [0.29, 0.717) is 19.8 Å². The van der Waals surface area contributed by atoms with Crippen LogP contribution < -0.4 is 14.8 Å². The number of aliphatic hydroxyl groups excluding tert-OH is 1. The molecule has 0 radical (unpaired) electrons. The minimum absolute atomic E-state index is 0.156. The summed E-state index contributed by atoms with van der Waals surface area (Å²) in [5.41, 5.74) is 2.29. The monoisotopic (exact) mass is 223 g/mol. The Balaban J connectivity index is 2.14. The Morgan fingerprint density at radius 3 is 2.94 bits per heavy atom. The van der Waals surface area contributed by atoms with Gasteiger partial charge in [0.15, 0.2) is 11.5 Å². The second-order valence-corrected chi connectivity index (χ2v) is 3.77. The Morgan fingerprint density at radius 2 is 2.12 bits per heavy atom. The van der Waals surface area contributed by atoms with Crippen molar-refractivity contribution in [3.63, 3.8) is 0 Å². The summed E-state index contributed by atoms with van der Waals surface area (Å²) < 4.78 is 11.1. The fraction of sp³-hybridized carbons (Fsp3) is 0.500. The van der Waals surface area contributed by atoms with E-state index < -0.39 is 0 Å². The predicted octanol–water partition coefficient (Wildman–Crippen LogP) is 0.848. The molecule has 2 N–H and O–H groups in total. The average molecular weight is 223 g/mol. The summed E-state index contributed by atoms with van der Waals surface area (Å²) >= 11 is 0. The molecule has 0 saturated heterocycles. The van der Waals surface area contributed by atoms with Crippen molar-refractivity contribution in [3.8, 4) is 11.5 Å². The fourth-order valence-electron chi connectivity index (χ4n) is 1.79. The molecule has 88 valence electrons. The van der Waals surface area contributed by atoms with Gasteiger partial charge in [0.05, 0.1) is 6.61 Å². The van der Waals surface area contributed by atoms with E-state index in [1.165, 1.54) is 5.56 Å². The van der Waals surface area contributed by atoms with Crippen molar-refractivity contribution in [1.82, 2.24) is 5.32 Å². The quantitative estimate of drug-likeness (QED) is 0.743. The van der Waals surface area contributed by atoms with Crippen molar-refractivity contribution in [1.29, 1.82) is 0 Å². The molecule has 0 aliphatic carbocycles. The van der Waals surface area contributed by atoms with Gasteiger partial charge in [-0.05, 0) is 24.1 Å². The molecular formula is C12H17NO3. The van der Waals surface area contributed by atoms with Gasteiger partial charge in [0.2, 0.25) is 0 Å². The topological polar surface area (TPSA) is 50.7 Å². The zero-order chi connectivity index (χ0) is 11.4. The Morgan fingerprint density at radius 1 is 1.31 bits per heavy atom. The molecule has 0 aromatic heterocycles. The normalized spacial score (nSPS) is 13.9. The van der Waals surface area contributed by atoms with E-state index in [0.717, 1.165) is 23.6 Å². The lowest BCUT2D eigenvalue weighted by atomic mass is 10.1. The summed E-state index contributed by atoms with van der Waals surface area (Å²) in [6.07, 6.45) is 0. The molecular weight excluding hydrogens is 206 g/mol. The van der Waals surface area contributed by atoms with Gasteiger partial charge < -0.3 is 19.9 Å². The summed E-state index contributed by atoms with van der Waals surface area (Å²) in [5.74, 6) is 1.68. The second-order valence-electron chi connectivity index (χ2n) is 3.77. The Bertz CT molecular complexity index is 366. The lowest BCUT2D eigenvalue weighted by Crippen LogP contribution is -2.20. The smallest absolute Gasteiger partial charge is 0.164 e. The van der Waals surface area contributed by atoms with Crippen molar-refractivity contribution < 1.29 is 14.6 Å². The van der Waals surface area contributed by atoms with E-state index in [2.05, 4.69) is 5.32 Å². The maximum Gasteiger partial charge on any atom is 0.164 e. The average Bonchev–Trinajstić information content (AvgIpc) is 2.33. The number of benzene rings is 1. The Hall–Kier alpha value is -1.26. The van der Waals surface area contributed by atoms with Crippen LogP contribution in [-0.4, -0.2) is 31.5 Å². The third kappa shape index (κ3) is 2.28. The summed E-state index contributed by atoms with van der Waals surface area (Å²) in [5, 5.41) is 11.9. The zero-order valence-electron chi connectivity index (χ0n) is 9.45. The molecule has 0 amide bonds. The number of fused-ring (bicyclic) bond motifs is 1. The van der Waals surface area contributed by atoms with Gasteiger partial charge >= 0.3 is 0 Å². The van der Waals surface area contributed by atoms with E-state index in [1.807, 2.05) is 19.1 Å². The lowest BCUT2D eigenvalue weighted by molar-refractivity contribution is 0.170. The molecule has 0 unspecified atom stereocenters. The van der Waals surface area contributed by atoms with Crippen LogP contribution in [-0.2, 0) is 6.54 Å². The molecule has 1 heterocycles. The van der Waals surface area contributed by atoms with E-state index >= 15 is 0 Å². The molecule has 1 aromatic carbocycles. The number of aliphatic hydroxyl groups is 1. The van der Waals surface area contributed by atoms with Crippen molar-refractivity contribution >= 4 is 0 Å². The summed E-state index contributed by atoms with van der Waals surface area (Å²) in [6.45, 7) is 4.76. The number of hydrogen-bond donors (Lipinski definition) is 2. The fourth-order valence-corrected chi connectivity index (χ4v) is 1.79. The number of hydrogen-bond acceptors (Lipinski definition) is 4. The van der Waals surface area contributed by atoms with Crippen molar-refractivity contribution in [2.75, 3.05) is 26.4 Å². The Kier molecular flexibility index (Phi) is 3.64. The van der Waals surface area contributed by atoms with E-state index in [4.69, 9.17) is 14.6 Å². The molecule has 0 fully saturated rings. The predicted molar refractivity (Wildman–Crippen MR) is 61.0 cm³/mol. The maximum atomic E-state index is 8.70. The van der Waals surface area contributed by atoms with Crippen LogP contribution in [0.15, 0.2) is 12.1 Å². The summed E-state index contributed by atoms with van der Waals surface area (Å²) in [6, 6.07) is 3.98. The number of nitrogens with one attached hydrogen (secondary N) is 1. The summed E-state index contributed by atoms with van der Waals surface area (Å²) in [7, 11) is 0. The van der Waals surface area contributed by atoms with Gasteiger partial charge in [0, 0.05) is 13.1 Å². The first-order chi connectivity index (χ1) is 7.83. The van der Waals surface area contributed by atoms with Gasteiger partial charge in [0.1, 0.15) is 13.2 Å². The largest absolute Gasteiger partial charge is 0.486 e. The van der Waals surface area contributed by atoms with Crippen molar-refractivity contribution in [2.45, 2.75) is 13.5 Å². The van der Waals surface area contributed by atoms with Crippen molar-refractivity contribution in [2.24, 2.45) is 0 Å². The van der Waals surface area contributed by atoms with Crippen molar-refractivity contribution in [3.05, 3.63) is 23.3 Å². The molecule has 0 bridgehead atoms. The van der Waals surface area contributed by atoms with Gasteiger partial charge in [-0.15, -0.1) is 0 Å². The van der Waals surface area contributed by atoms with Gasteiger partial charge in [-0.2, -0.15) is 0 Å². The molecule has 16 heavy (non-hydrogen) atoms. The van der Waals surface area contributed by atoms with Gasteiger partial charge in [0.25, 0.3) is 0 Å². The minimum atomic E-state index is 0.156. The first-order valence-corrected chi connectivity index (χ1v) is 5.52. The zero-order valence-corrected chi connectivity index (χ0v) is 9.45. The summed E-state index contributed by atoms with van der Waals surface area (Å²) in [4.78, 5) is 0. The van der Waals surface area contributed by atoms with Gasteiger partial charge in [-0.3, -0.25) is 0 Å². The highest BCUT2D eigenvalue weighted by Crippen LogP contribution is 2.35. The molecule has 0 spiro atoms. The van der Waals surface area contributed by atoms with Crippen LogP contribution in [0.4, 0.5) is 0 Å². The molecule has 2 rings (SSSR count). The molecule has 1 aromatic rings. The van der Waals surface area contributed by atoms with Crippen LogP contribution in [0.1, 0.15) is 11.1 Å². The highest BCUT2D eigenvalue weighted by molar-refractivity contribution is 5.50. The molecule has 4 nitrogen and oxygen atoms in total. The van der Waals surface area contributed by atoms with E-state index in [9.17, 15) is 0 Å². The highest BCUT2D eigenvalue weighted by atomic mass is 16.6. The van der Waals surface area contributed by atoms with Crippen LogP contribution in [0.3, 0.4) is 0 Å². The first kappa shape index (κ1) is 11.2. The first-order valence-electron chi connectivity index (χ1n) is 5.52. The number of rotatable bonds is 4. The molecule has 1 aliphatic heterocycles. The van der Waals surface area contributed by atoms with E-state index in [1.54, 1.807) is 0 Å². The van der Waals surface area contributed by atoms with Gasteiger partial charge in [-0.1, -0.05) is 6.07 Å². The Labute approximate surface area is 95.2 Å². The lowest BCUT2D eigenvalue weighted by Gasteiger charge is -2.21. The molecule has 4 heteroatoms.